The van der Waals surface area contributed by atoms with Crippen molar-refractivity contribution in [2.75, 3.05) is 25.1 Å². The van der Waals surface area contributed by atoms with Crippen LogP contribution in [-0.4, -0.2) is 54.7 Å². The van der Waals surface area contributed by atoms with E-state index in [1.807, 2.05) is 12.3 Å². The van der Waals surface area contributed by atoms with Gasteiger partial charge in [-0.2, -0.15) is 5.10 Å². The number of aliphatic hydroxyl groups excluding tert-OH is 2. The molecule has 0 fully saturated rings. The smallest absolute Gasteiger partial charge is 0.223 e. The molecule has 8 nitrogen and oxygen atoms in total. The maximum absolute atomic E-state index is 13.5. The first kappa shape index (κ1) is 20.8. The predicted molar refractivity (Wildman–Crippen MR) is 116 cm³/mol. The fourth-order valence-electron chi connectivity index (χ4n) is 3.25. The van der Waals surface area contributed by atoms with E-state index in [0.717, 1.165) is 16.5 Å². The summed E-state index contributed by atoms with van der Waals surface area (Å²) < 4.78 is 15.3. The van der Waals surface area contributed by atoms with Gasteiger partial charge in [0.15, 0.2) is 5.65 Å². The van der Waals surface area contributed by atoms with E-state index in [1.165, 1.54) is 12.1 Å². The van der Waals surface area contributed by atoms with Crippen molar-refractivity contribution in [3.05, 3.63) is 54.6 Å². The van der Waals surface area contributed by atoms with Crippen LogP contribution in [0.1, 0.15) is 12.8 Å². The summed E-state index contributed by atoms with van der Waals surface area (Å²) in [5, 5.41) is 26.5. The number of anilines is 1. The van der Waals surface area contributed by atoms with Crippen molar-refractivity contribution in [3.63, 3.8) is 0 Å². The molecule has 0 radical (unpaired) electrons. The Hall–Kier alpha value is -3.43. The summed E-state index contributed by atoms with van der Waals surface area (Å²) in [6.45, 7) is 1.31. The zero-order chi connectivity index (χ0) is 21.6. The van der Waals surface area contributed by atoms with Gasteiger partial charge in [0.25, 0.3) is 0 Å². The Morgan fingerprint density at radius 2 is 1.81 bits per heavy atom. The number of hydrogen-bond donors (Lipinski definition) is 3. The minimum Gasteiger partial charge on any atom is -0.396 e. The van der Waals surface area contributed by atoms with Crippen molar-refractivity contribution in [2.45, 2.75) is 19.4 Å². The van der Waals surface area contributed by atoms with Gasteiger partial charge in [-0.25, -0.2) is 19.3 Å². The van der Waals surface area contributed by atoms with E-state index in [0.29, 0.717) is 48.9 Å². The van der Waals surface area contributed by atoms with Crippen LogP contribution >= 0.6 is 0 Å². The van der Waals surface area contributed by atoms with Gasteiger partial charge in [-0.1, -0.05) is 0 Å². The standard InChI is InChI=1S/C22H23FN6O2/c23-17-5-3-15(4-6-17)20-18(19-7-9-25-22(26-19)24-8-1-11-30)13-16-14-29(10-2-12-31)28-21(16)27-20/h3-7,9,13-14,30-31H,1-2,8,10-12H2,(H,24,25,26). The Bertz CT molecular complexity index is 1160. The normalized spacial score (nSPS) is 11.2. The van der Waals surface area contributed by atoms with Gasteiger partial charge in [0, 0.05) is 55.2 Å². The number of benzene rings is 1. The summed E-state index contributed by atoms with van der Waals surface area (Å²) in [6.07, 6.45) is 4.74. The lowest BCUT2D eigenvalue weighted by atomic mass is 10.0. The fourth-order valence-corrected chi connectivity index (χ4v) is 3.25. The molecule has 4 rings (SSSR count). The van der Waals surface area contributed by atoms with Gasteiger partial charge in [-0.05, 0) is 49.2 Å². The molecule has 0 saturated heterocycles. The summed E-state index contributed by atoms with van der Waals surface area (Å²) in [4.78, 5) is 13.6. The Morgan fingerprint density at radius 3 is 2.58 bits per heavy atom. The summed E-state index contributed by atoms with van der Waals surface area (Å²) >= 11 is 0. The first-order chi connectivity index (χ1) is 15.2. The van der Waals surface area contributed by atoms with Crippen LogP contribution in [0.4, 0.5) is 10.3 Å². The van der Waals surface area contributed by atoms with E-state index < -0.39 is 0 Å². The third-order valence-corrected chi connectivity index (χ3v) is 4.75. The van der Waals surface area contributed by atoms with Crippen molar-refractivity contribution in [1.29, 1.82) is 0 Å². The highest BCUT2D eigenvalue weighted by atomic mass is 19.1. The number of aliphatic hydroxyl groups is 2. The number of rotatable bonds is 9. The highest BCUT2D eigenvalue weighted by Crippen LogP contribution is 2.32. The molecule has 3 aromatic heterocycles. The predicted octanol–water partition coefficient (Wildman–Crippen LogP) is 2.87. The number of hydrogen-bond acceptors (Lipinski definition) is 7. The zero-order valence-corrected chi connectivity index (χ0v) is 16.9. The molecule has 0 aliphatic heterocycles. The topological polar surface area (TPSA) is 109 Å². The maximum atomic E-state index is 13.5. The molecule has 160 valence electrons. The van der Waals surface area contributed by atoms with Gasteiger partial charge in [0.1, 0.15) is 5.82 Å². The molecule has 0 aliphatic carbocycles. The third-order valence-electron chi connectivity index (χ3n) is 4.75. The molecule has 0 bridgehead atoms. The van der Waals surface area contributed by atoms with Gasteiger partial charge < -0.3 is 15.5 Å². The molecule has 9 heteroatoms. The van der Waals surface area contributed by atoms with Crippen molar-refractivity contribution >= 4 is 17.0 Å². The Labute approximate surface area is 178 Å². The molecule has 0 saturated carbocycles. The minimum atomic E-state index is -0.322. The molecule has 0 spiro atoms. The van der Waals surface area contributed by atoms with Crippen LogP contribution in [-0.2, 0) is 6.54 Å². The van der Waals surface area contributed by atoms with E-state index in [-0.39, 0.29) is 19.0 Å². The zero-order valence-electron chi connectivity index (χ0n) is 16.9. The molecule has 4 aromatic rings. The number of nitrogens with one attached hydrogen (secondary N) is 1. The molecular formula is C22H23FN6O2. The fraction of sp³-hybridized carbons (Fsp3) is 0.273. The highest BCUT2D eigenvalue weighted by molar-refractivity contribution is 5.89. The Morgan fingerprint density at radius 1 is 1.00 bits per heavy atom. The van der Waals surface area contributed by atoms with E-state index in [1.54, 1.807) is 29.1 Å². The number of nitrogens with zero attached hydrogens (tertiary/aromatic N) is 5. The van der Waals surface area contributed by atoms with Gasteiger partial charge >= 0.3 is 0 Å². The van der Waals surface area contributed by atoms with Crippen LogP contribution in [0.3, 0.4) is 0 Å². The Balaban J connectivity index is 1.80. The molecule has 0 unspecified atom stereocenters. The van der Waals surface area contributed by atoms with Crippen molar-refractivity contribution in [3.8, 4) is 22.5 Å². The van der Waals surface area contributed by atoms with E-state index in [2.05, 4.69) is 20.4 Å². The van der Waals surface area contributed by atoms with Crippen LogP contribution in [0.5, 0.6) is 0 Å². The molecule has 0 atom stereocenters. The van der Waals surface area contributed by atoms with Gasteiger partial charge in [-0.3, -0.25) is 4.68 Å². The Kier molecular flexibility index (Phi) is 6.44. The van der Waals surface area contributed by atoms with E-state index >= 15 is 0 Å². The molecule has 3 N–H and O–H groups in total. The van der Waals surface area contributed by atoms with Crippen LogP contribution in [0, 0.1) is 5.82 Å². The van der Waals surface area contributed by atoms with Crippen LogP contribution in [0.25, 0.3) is 33.5 Å². The second kappa shape index (κ2) is 9.59. The van der Waals surface area contributed by atoms with Crippen LogP contribution in [0.2, 0.25) is 0 Å². The summed E-state index contributed by atoms with van der Waals surface area (Å²) in [7, 11) is 0. The lowest BCUT2D eigenvalue weighted by molar-refractivity contribution is 0.277. The SMILES string of the molecule is OCCCNc1nccc(-c2cc3cn(CCCO)nc3nc2-c2ccc(F)cc2)n1. The number of halogens is 1. The van der Waals surface area contributed by atoms with Crippen molar-refractivity contribution < 1.29 is 14.6 Å². The first-order valence-corrected chi connectivity index (χ1v) is 10.1. The lowest BCUT2D eigenvalue weighted by Crippen LogP contribution is -2.07. The van der Waals surface area contributed by atoms with Crippen LogP contribution < -0.4 is 5.32 Å². The van der Waals surface area contributed by atoms with Crippen molar-refractivity contribution in [2.24, 2.45) is 0 Å². The number of fused-ring (bicyclic) bond motifs is 1. The second-order valence-corrected chi connectivity index (χ2v) is 7.04. The number of pyridine rings is 1. The van der Waals surface area contributed by atoms with Gasteiger partial charge in [0.05, 0.1) is 11.4 Å². The van der Waals surface area contributed by atoms with Crippen LogP contribution in [0.15, 0.2) is 48.8 Å². The summed E-state index contributed by atoms with van der Waals surface area (Å²) in [6, 6.07) is 9.90. The number of aromatic nitrogens is 5. The van der Waals surface area contributed by atoms with Crippen molar-refractivity contribution in [1.82, 2.24) is 24.7 Å². The molecule has 3 heterocycles. The van der Waals surface area contributed by atoms with E-state index in [4.69, 9.17) is 15.2 Å². The summed E-state index contributed by atoms with van der Waals surface area (Å²) in [5.41, 5.74) is 3.39. The average molecular weight is 422 g/mol. The minimum absolute atomic E-state index is 0.0856. The van der Waals surface area contributed by atoms with E-state index in [9.17, 15) is 4.39 Å². The average Bonchev–Trinajstić information content (AvgIpc) is 3.19. The quantitative estimate of drug-likeness (QED) is 0.356. The maximum Gasteiger partial charge on any atom is 0.223 e. The van der Waals surface area contributed by atoms with Gasteiger partial charge in [0.2, 0.25) is 5.95 Å². The largest absolute Gasteiger partial charge is 0.396 e. The molecule has 31 heavy (non-hydrogen) atoms. The molecule has 0 aliphatic rings. The monoisotopic (exact) mass is 422 g/mol. The second-order valence-electron chi connectivity index (χ2n) is 7.04. The summed E-state index contributed by atoms with van der Waals surface area (Å²) in [5.74, 6) is 0.131. The molecule has 1 aromatic carbocycles. The first-order valence-electron chi connectivity index (χ1n) is 10.1. The molecule has 0 amide bonds. The molecular weight excluding hydrogens is 399 g/mol. The highest BCUT2D eigenvalue weighted by Gasteiger charge is 2.15. The lowest BCUT2D eigenvalue weighted by Gasteiger charge is -2.10. The third kappa shape index (κ3) is 4.84. The number of aryl methyl sites for hydroxylation is 1. The van der Waals surface area contributed by atoms with Gasteiger partial charge in [-0.15, -0.1) is 0 Å².